The first-order valence-corrected chi connectivity index (χ1v) is 5.39. The van der Waals surface area contributed by atoms with Crippen LogP contribution in [0.2, 0.25) is 0 Å². The highest BCUT2D eigenvalue weighted by molar-refractivity contribution is 5.75. The number of aromatic nitrogens is 3. The van der Waals surface area contributed by atoms with Crippen LogP contribution >= 0.6 is 0 Å². The van der Waals surface area contributed by atoms with Crippen LogP contribution in [0.4, 0.5) is 0 Å². The third kappa shape index (κ3) is 4.49. The molecule has 7 nitrogen and oxygen atoms in total. The molecule has 2 unspecified atom stereocenters. The SMILES string of the molecule is COCC(C)NC(=O)Cn1cc(C(C)O)nn1. The van der Waals surface area contributed by atoms with Gasteiger partial charge in [-0.25, -0.2) is 4.68 Å². The third-order valence-corrected chi connectivity index (χ3v) is 2.11. The van der Waals surface area contributed by atoms with Gasteiger partial charge in [0.2, 0.25) is 5.91 Å². The fraction of sp³-hybridized carbons (Fsp3) is 0.700. The molecule has 0 saturated carbocycles. The van der Waals surface area contributed by atoms with Crippen molar-refractivity contribution in [2.75, 3.05) is 13.7 Å². The smallest absolute Gasteiger partial charge is 0.242 e. The van der Waals surface area contributed by atoms with E-state index in [1.54, 1.807) is 20.2 Å². The van der Waals surface area contributed by atoms with E-state index in [0.717, 1.165) is 0 Å². The van der Waals surface area contributed by atoms with E-state index >= 15 is 0 Å². The van der Waals surface area contributed by atoms with Gasteiger partial charge in [0.1, 0.15) is 12.2 Å². The summed E-state index contributed by atoms with van der Waals surface area (Å²) in [7, 11) is 1.58. The molecular formula is C10H18N4O3. The molecular weight excluding hydrogens is 224 g/mol. The van der Waals surface area contributed by atoms with Crippen molar-refractivity contribution in [1.82, 2.24) is 20.3 Å². The van der Waals surface area contributed by atoms with Crippen LogP contribution in [0.5, 0.6) is 0 Å². The van der Waals surface area contributed by atoms with Gasteiger partial charge in [0.05, 0.1) is 18.9 Å². The van der Waals surface area contributed by atoms with Gasteiger partial charge in [-0.05, 0) is 13.8 Å². The maximum absolute atomic E-state index is 11.6. The number of rotatable bonds is 6. The van der Waals surface area contributed by atoms with Gasteiger partial charge in [0.25, 0.3) is 0 Å². The minimum Gasteiger partial charge on any atom is -0.387 e. The molecule has 17 heavy (non-hydrogen) atoms. The van der Waals surface area contributed by atoms with E-state index < -0.39 is 6.10 Å². The predicted octanol–water partition coefficient (Wildman–Crippen LogP) is -0.517. The molecule has 1 aromatic heterocycles. The summed E-state index contributed by atoms with van der Waals surface area (Å²) in [6, 6.07) is -0.0488. The minimum atomic E-state index is -0.681. The minimum absolute atomic E-state index is 0.0488. The quantitative estimate of drug-likeness (QED) is 0.701. The zero-order chi connectivity index (χ0) is 12.8. The van der Waals surface area contributed by atoms with Gasteiger partial charge in [-0.15, -0.1) is 5.10 Å². The second-order valence-corrected chi connectivity index (χ2v) is 3.94. The number of hydrogen-bond acceptors (Lipinski definition) is 5. The lowest BCUT2D eigenvalue weighted by Gasteiger charge is -2.12. The topological polar surface area (TPSA) is 89.3 Å². The molecule has 0 spiro atoms. The number of carbonyl (C=O) groups excluding carboxylic acids is 1. The molecule has 0 fully saturated rings. The van der Waals surface area contributed by atoms with E-state index in [1.807, 2.05) is 6.92 Å². The highest BCUT2D eigenvalue weighted by Crippen LogP contribution is 2.05. The Morgan fingerprint density at radius 3 is 2.88 bits per heavy atom. The fourth-order valence-corrected chi connectivity index (χ4v) is 1.34. The summed E-state index contributed by atoms with van der Waals surface area (Å²) in [5.41, 5.74) is 0.447. The summed E-state index contributed by atoms with van der Waals surface area (Å²) in [5.74, 6) is -0.170. The van der Waals surface area contributed by atoms with Crippen molar-refractivity contribution >= 4 is 5.91 Å². The van der Waals surface area contributed by atoms with Crippen molar-refractivity contribution in [3.63, 3.8) is 0 Å². The number of amides is 1. The normalized spacial score (nSPS) is 14.4. The molecule has 0 aliphatic heterocycles. The first-order chi connectivity index (χ1) is 8.02. The maximum Gasteiger partial charge on any atom is 0.242 e. The molecule has 96 valence electrons. The van der Waals surface area contributed by atoms with E-state index in [-0.39, 0.29) is 18.5 Å². The Bertz CT molecular complexity index is 364. The zero-order valence-corrected chi connectivity index (χ0v) is 10.3. The van der Waals surface area contributed by atoms with Crippen LogP contribution in [-0.2, 0) is 16.1 Å². The average molecular weight is 242 g/mol. The molecule has 0 saturated heterocycles. The largest absolute Gasteiger partial charge is 0.387 e. The van der Waals surface area contributed by atoms with Gasteiger partial charge in [-0.1, -0.05) is 5.21 Å². The number of nitrogens with one attached hydrogen (secondary N) is 1. The molecule has 2 atom stereocenters. The monoisotopic (exact) mass is 242 g/mol. The average Bonchev–Trinajstić information content (AvgIpc) is 2.66. The van der Waals surface area contributed by atoms with Crippen LogP contribution in [0.1, 0.15) is 25.6 Å². The predicted molar refractivity (Wildman–Crippen MR) is 60.1 cm³/mol. The van der Waals surface area contributed by atoms with Gasteiger partial charge in [-0.3, -0.25) is 4.79 Å². The molecule has 7 heteroatoms. The molecule has 1 heterocycles. The van der Waals surface area contributed by atoms with Crippen LogP contribution in [0.3, 0.4) is 0 Å². The number of nitrogens with zero attached hydrogens (tertiary/aromatic N) is 3. The van der Waals surface area contributed by atoms with E-state index in [1.165, 1.54) is 4.68 Å². The second-order valence-electron chi connectivity index (χ2n) is 3.94. The Morgan fingerprint density at radius 2 is 2.35 bits per heavy atom. The Balaban J connectivity index is 2.44. The molecule has 0 aliphatic carbocycles. The van der Waals surface area contributed by atoms with Gasteiger partial charge < -0.3 is 15.2 Å². The van der Waals surface area contributed by atoms with Crippen LogP contribution in [0.15, 0.2) is 6.20 Å². The number of aliphatic hydroxyl groups is 1. The number of hydrogen-bond donors (Lipinski definition) is 2. The van der Waals surface area contributed by atoms with Crippen molar-refractivity contribution < 1.29 is 14.6 Å². The summed E-state index contributed by atoms with van der Waals surface area (Å²) in [4.78, 5) is 11.6. The van der Waals surface area contributed by atoms with E-state index in [4.69, 9.17) is 4.74 Å². The van der Waals surface area contributed by atoms with Crippen LogP contribution in [0, 0.1) is 0 Å². The lowest BCUT2D eigenvalue weighted by atomic mass is 10.3. The zero-order valence-electron chi connectivity index (χ0n) is 10.3. The molecule has 0 aliphatic rings. The van der Waals surface area contributed by atoms with Crippen molar-refractivity contribution in [2.24, 2.45) is 0 Å². The Morgan fingerprint density at radius 1 is 1.65 bits per heavy atom. The van der Waals surface area contributed by atoms with Gasteiger partial charge in [0.15, 0.2) is 0 Å². The molecule has 2 N–H and O–H groups in total. The lowest BCUT2D eigenvalue weighted by molar-refractivity contribution is -0.122. The van der Waals surface area contributed by atoms with Crippen LogP contribution in [0.25, 0.3) is 0 Å². The van der Waals surface area contributed by atoms with Crippen molar-refractivity contribution in [1.29, 1.82) is 0 Å². The van der Waals surface area contributed by atoms with Crippen LogP contribution in [-0.4, -0.2) is 45.8 Å². The first kappa shape index (κ1) is 13.6. The van der Waals surface area contributed by atoms with Crippen molar-refractivity contribution in [3.8, 4) is 0 Å². The summed E-state index contributed by atoms with van der Waals surface area (Å²) in [6.07, 6.45) is 0.866. The fourth-order valence-electron chi connectivity index (χ4n) is 1.34. The van der Waals surface area contributed by atoms with Crippen LogP contribution < -0.4 is 5.32 Å². The van der Waals surface area contributed by atoms with Gasteiger partial charge in [-0.2, -0.15) is 0 Å². The molecule has 1 aromatic rings. The molecule has 0 radical (unpaired) electrons. The second kappa shape index (κ2) is 6.31. The van der Waals surface area contributed by atoms with Crippen molar-refractivity contribution in [3.05, 3.63) is 11.9 Å². The lowest BCUT2D eigenvalue weighted by Crippen LogP contribution is -2.37. The molecule has 0 aromatic carbocycles. The Labute approximate surface area is 99.8 Å². The van der Waals surface area contributed by atoms with E-state index in [2.05, 4.69) is 15.6 Å². The number of methoxy groups -OCH3 is 1. The maximum atomic E-state index is 11.6. The Hall–Kier alpha value is -1.47. The number of carbonyl (C=O) groups is 1. The number of aliphatic hydroxyl groups excluding tert-OH is 1. The van der Waals surface area contributed by atoms with Gasteiger partial charge in [0, 0.05) is 13.2 Å². The number of ether oxygens (including phenoxy) is 1. The summed E-state index contributed by atoms with van der Waals surface area (Å²) in [5, 5.41) is 19.5. The highest BCUT2D eigenvalue weighted by Gasteiger charge is 2.11. The first-order valence-electron chi connectivity index (χ1n) is 5.39. The Kier molecular flexibility index (Phi) is 5.05. The molecule has 1 amide bonds. The standard InChI is InChI=1S/C10H18N4O3/c1-7(6-17-3)11-10(16)5-14-4-9(8(2)15)12-13-14/h4,7-8,15H,5-6H2,1-3H3,(H,11,16). The molecule has 1 rings (SSSR count). The van der Waals surface area contributed by atoms with Crippen molar-refractivity contribution in [2.45, 2.75) is 32.5 Å². The highest BCUT2D eigenvalue weighted by atomic mass is 16.5. The summed E-state index contributed by atoms with van der Waals surface area (Å²) >= 11 is 0. The van der Waals surface area contributed by atoms with E-state index in [9.17, 15) is 9.90 Å². The van der Waals surface area contributed by atoms with Gasteiger partial charge >= 0.3 is 0 Å². The summed E-state index contributed by atoms with van der Waals surface area (Å²) < 4.78 is 6.29. The third-order valence-electron chi connectivity index (χ3n) is 2.11. The van der Waals surface area contributed by atoms with E-state index in [0.29, 0.717) is 12.3 Å². The summed E-state index contributed by atoms with van der Waals surface area (Å²) in [6.45, 7) is 3.98. The molecule has 0 bridgehead atoms.